The Morgan fingerprint density at radius 2 is 2.09 bits per heavy atom. The maximum Gasteiger partial charge on any atom is 0.231 e. The predicted octanol–water partition coefficient (Wildman–Crippen LogP) is 2.43. The van der Waals surface area contributed by atoms with Crippen molar-refractivity contribution in [3.8, 4) is 0 Å². The summed E-state index contributed by atoms with van der Waals surface area (Å²) in [5.41, 5.74) is 7.72. The second-order valence-electron chi connectivity index (χ2n) is 5.92. The van der Waals surface area contributed by atoms with Gasteiger partial charge in [0.25, 0.3) is 0 Å². The molecule has 1 amide bonds. The molecule has 0 bridgehead atoms. The van der Waals surface area contributed by atoms with Crippen LogP contribution in [0.3, 0.4) is 0 Å². The summed E-state index contributed by atoms with van der Waals surface area (Å²) in [6.45, 7) is 1.11. The lowest BCUT2D eigenvalue weighted by Gasteiger charge is -2.22. The summed E-state index contributed by atoms with van der Waals surface area (Å²) in [6.07, 6.45) is 2.45. The number of rotatable bonds is 5. The quantitative estimate of drug-likeness (QED) is 0.922. The second-order valence-corrected chi connectivity index (χ2v) is 5.92. The van der Waals surface area contributed by atoms with E-state index in [1.165, 1.54) is 6.07 Å². The Kier molecular flexibility index (Phi) is 4.67. The van der Waals surface area contributed by atoms with Crippen molar-refractivity contribution >= 4 is 5.91 Å². The van der Waals surface area contributed by atoms with E-state index in [1.54, 1.807) is 12.1 Å². The molecule has 2 N–H and O–H groups in total. The van der Waals surface area contributed by atoms with E-state index in [9.17, 15) is 9.18 Å². The maximum atomic E-state index is 13.8. The molecule has 4 nitrogen and oxygen atoms in total. The van der Waals surface area contributed by atoms with E-state index in [1.807, 2.05) is 24.3 Å². The zero-order chi connectivity index (χ0) is 16.2. The Hall–Kier alpha value is -2.27. The summed E-state index contributed by atoms with van der Waals surface area (Å²) in [5, 5.41) is 0. The van der Waals surface area contributed by atoms with Gasteiger partial charge in [-0.25, -0.2) is 4.39 Å². The van der Waals surface area contributed by atoms with Crippen LogP contribution >= 0.6 is 0 Å². The van der Waals surface area contributed by atoms with Crippen LogP contribution in [0.25, 0.3) is 0 Å². The Bertz CT molecular complexity index is 704. The molecule has 0 radical (unpaired) electrons. The van der Waals surface area contributed by atoms with Crippen LogP contribution in [-0.4, -0.2) is 28.9 Å². The minimum Gasteiger partial charge on any atom is -0.369 e. The number of amides is 1. The van der Waals surface area contributed by atoms with Gasteiger partial charge in [0.15, 0.2) is 0 Å². The van der Waals surface area contributed by atoms with E-state index in [0.29, 0.717) is 12.0 Å². The first-order chi connectivity index (χ1) is 11.1. The summed E-state index contributed by atoms with van der Waals surface area (Å²) in [4.78, 5) is 18.0. The molecule has 23 heavy (non-hydrogen) atoms. The van der Waals surface area contributed by atoms with Crippen LogP contribution in [0.2, 0.25) is 0 Å². The van der Waals surface area contributed by atoms with Crippen molar-refractivity contribution in [2.24, 2.45) is 5.73 Å². The molecule has 1 aromatic heterocycles. The number of benzene rings is 1. The number of carbonyl (C=O) groups is 1. The van der Waals surface area contributed by atoms with Crippen molar-refractivity contribution in [2.75, 3.05) is 13.1 Å². The summed E-state index contributed by atoms with van der Waals surface area (Å²) in [6, 6.07) is 12.7. The van der Waals surface area contributed by atoms with Crippen molar-refractivity contribution in [3.05, 3.63) is 65.2 Å². The third kappa shape index (κ3) is 3.74. The molecule has 0 unspecified atom stereocenters. The third-order valence-electron chi connectivity index (χ3n) is 4.22. The molecule has 1 aliphatic heterocycles. The van der Waals surface area contributed by atoms with Gasteiger partial charge in [-0.05, 0) is 43.1 Å². The van der Waals surface area contributed by atoms with Gasteiger partial charge in [-0.3, -0.25) is 14.7 Å². The molecule has 3 rings (SSSR count). The fourth-order valence-corrected chi connectivity index (χ4v) is 3.17. The molecule has 1 aromatic carbocycles. The highest BCUT2D eigenvalue weighted by molar-refractivity contribution is 5.76. The SMILES string of the molecule is NC(=O)CN1CCC[C@@H]1c1cccc(Cc2ccccc2F)n1. The van der Waals surface area contributed by atoms with Crippen LogP contribution in [0.5, 0.6) is 0 Å². The number of likely N-dealkylation sites (tertiary alicyclic amines) is 1. The smallest absolute Gasteiger partial charge is 0.231 e. The minimum absolute atomic E-state index is 0.114. The minimum atomic E-state index is -0.320. The lowest BCUT2D eigenvalue weighted by atomic mass is 10.1. The fraction of sp³-hybridized carbons (Fsp3) is 0.333. The first-order valence-corrected chi connectivity index (χ1v) is 7.85. The molecule has 120 valence electrons. The summed E-state index contributed by atoms with van der Waals surface area (Å²) in [5.74, 6) is -0.532. The van der Waals surface area contributed by atoms with Gasteiger partial charge in [0.05, 0.1) is 18.3 Å². The van der Waals surface area contributed by atoms with Crippen LogP contribution in [-0.2, 0) is 11.2 Å². The van der Waals surface area contributed by atoms with Gasteiger partial charge in [-0.2, -0.15) is 0 Å². The molecule has 1 aliphatic rings. The van der Waals surface area contributed by atoms with Gasteiger partial charge in [-0.1, -0.05) is 24.3 Å². The number of aromatic nitrogens is 1. The van der Waals surface area contributed by atoms with Gasteiger partial charge in [-0.15, -0.1) is 0 Å². The van der Waals surface area contributed by atoms with E-state index in [2.05, 4.69) is 9.88 Å². The van der Waals surface area contributed by atoms with Crippen LogP contribution < -0.4 is 5.73 Å². The Morgan fingerprint density at radius 1 is 1.26 bits per heavy atom. The van der Waals surface area contributed by atoms with Gasteiger partial charge in [0, 0.05) is 12.1 Å². The molecule has 1 fully saturated rings. The average Bonchev–Trinajstić information content (AvgIpc) is 2.97. The van der Waals surface area contributed by atoms with Crippen molar-refractivity contribution < 1.29 is 9.18 Å². The van der Waals surface area contributed by atoms with Crippen molar-refractivity contribution in [1.82, 2.24) is 9.88 Å². The van der Waals surface area contributed by atoms with Crippen LogP contribution in [0.4, 0.5) is 4.39 Å². The summed E-state index contributed by atoms with van der Waals surface area (Å²) < 4.78 is 13.8. The van der Waals surface area contributed by atoms with Crippen molar-refractivity contribution in [2.45, 2.75) is 25.3 Å². The lowest BCUT2D eigenvalue weighted by Crippen LogP contribution is -2.33. The highest BCUT2D eigenvalue weighted by atomic mass is 19.1. The van der Waals surface area contributed by atoms with E-state index in [4.69, 9.17) is 5.73 Å². The number of nitrogens with two attached hydrogens (primary N) is 1. The van der Waals surface area contributed by atoms with Crippen molar-refractivity contribution in [3.63, 3.8) is 0 Å². The van der Waals surface area contributed by atoms with Crippen LogP contribution in [0.1, 0.15) is 35.8 Å². The monoisotopic (exact) mass is 313 g/mol. The topological polar surface area (TPSA) is 59.2 Å². The number of nitrogens with zero attached hydrogens (tertiary/aromatic N) is 2. The zero-order valence-corrected chi connectivity index (χ0v) is 12.9. The Labute approximate surface area is 135 Å². The number of pyridine rings is 1. The molecule has 1 saturated heterocycles. The number of carbonyl (C=O) groups excluding carboxylic acids is 1. The number of hydrogen-bond acceptors (Lipinski definition) is 3. The highest BCUT2D eigenvalue weighted by Crippen LogP contribution is 2.30. The average molecular weight is 313 g/mol. The van der Waals surface area contributed by atoms with Gasteiger partial charge in [0.1, 0.15) is 5.82 Å². The predicted molar refractivity (Wildman–Crippen MR) is 86.2 cm³/mol. The first-order valence-electron chi connectivity index (χ1n) is 7.85. The van der Waals surface area contributed by atoms with Gasteiger partial charge < -0.3 is 5.73 Å². The number of hydrogen-bond donors (Lipinski definition) is 1. The molecule has 0 spiro atoms. The van der Waals surface area contributed by atoms with Gasteiger partial charge >= 0.3 is 0 Å². The van der Waals surface area contributed by atoms with Crippen LogP contribution in [0, 0.1) is 5.82 Å². The molecule has 1 atom stereocenters. The molecule has 2 heterocycles. The van der Waals surface area contributed by atoms with E-state index < -0.39 is 0 Å². The summed E-state index contributed by atoms with van der Waals surface area (Å²) >= 11 is 0. The zero-order valence-electron chi connectivity index (χ0n) is 12.9. The maximum absolute atomic E-state index is 13.8. The normalized spacial score (nSPS) is 18.2. The van der Waals surface area contributed by atoms with Crippen LogP contribution in [0.15, 0.2) is 42.5 Å². The Morgan fingerprint density at radius 3 is 2.87 bits per heavy atom. The lowest BCUT2D eigenvalue weighted by molar-refractivity contribution is -0.119. The largest absolute Gasteiger partial charge is 0.369 e. The fourth-order valence-electron chi connectivity index (χ4n) is 3.17. The highest BCUT2D eigenvalue weighted by Gasteiger charge is 2.28. The van der Waals surface area contributed by atoms with Gasteiger partial charge in [0.2, 0.25) is 5.91 Å². The first kappa shape index (κ1) is 15.6. The third-order valence-corrected chi connectivity index (χ3v) is 4.22. The molecular weight excluding hydrogens is 293 g/mol. The van der Waals surface area contributed by atoms with E-state index in [-0.39, 0.29) is 24.3 Å². The van der Waals surface area contributed by atoms with Crippen molar-refractivity contribution in [1.29, 1.82) is 0 Å². The Balaban J connectivity index is 1.80. The molecule has 5 heteroatoms. The standard InChI is InChI=1S/C18H20FN3O/c19-15-7-2-1-5-13(15)11-14-6-3-8-16(21-14)17-9-4-10-22(17)12-18(20)23/h1-3,5-8,17H,4,9-12H2,(H2,20,23)/t17-/m1/s1. The molecular formula is C18H20FN3O. The number of primary amides is 1. The van der Waals surface area contributed by atoms with E-state index >= 15 is 0 Å². The second kappa shape index (κ2) is 6.87. The van der Waals surface area contributed by atoms with E-state index in [0.717, 1.165) is 30.8 Å². The molecule has 2 aromatic rings. The summed E-state index contributed by atoms with van der Waals surface area (Å²) in [7, 11) is 0. The number of halogens is 1. The molecule has 0 saturated carbocycles. The molecule has 0 aliphatic carbocycles.